The van der Waals surface area contributed by atoms with Gasteiger partial charge in [0.2, 0.25) is 10.0 Å². The van der Waals surface area contributed by atoms with E-state index in [0.717, 1.165) is 16.2 Å². The molecule has 1 rings (SSSR count). The molecule has 1 aromatic rings. The van der Waals surface area contributed by atoms with E-state index in [2.05, 4.69) is 9.46 Å². The summed E-state index contributed by atoms with van der Waals surface area (Å²) in [6.07, 6.45) is -0.259. The van der Waals surface area contributed by atoms with Crippen LogP contribution in [0.25, 0.3) is 0 Å². The van der Waals surface area contributed by atoms with Gasteiger partial charge in [-0.1, -0.05) is 0 Å². The van der Waals surface area contributed by atoms with Crippen molar-refractivity contribution in [1.29, 1.82) is 0 Å². The summed E-state index contributed by atoms with van der Waals surface area (Å²) < 4.78 is 35.4. The molecular weight excluding hydrogens is 318 g/mol. The molecule has 0 aromatic carbocycles. The quantitative estimate of drug-likeness (QED) is 0.759. The van der Waals surface area contributed by atoms with Crippen LogP contribution in [0.4, 0.5) is 5.00 Å². The van der Waals surface area contributed by atoms with E-state index in [1.807, 2.05) is 0 Å². The van der Waals surface area contributed by atoms with Crippen LogP contribution in [0.15, 0.2) is 6.07 Å². The molecule has 7 nitrogen and oxygen atoms in total. The molecule has 0 bridgehead atoms. The number of aryl methyl sites for hydroxylation is 1. The summed E-state index contributed by atoms with van der Waals surface area (Å²) in [7, 11) is -2.56. The number of esters is 2. The molecule has 1 aromatic heterocycles. The highest BCUT2D eigenvalue weighted by Crippen LogP contribution is 2.29. The van der Waals surface area contributed by atoms with Crippen molar-refractivity contribution in [3.63, 3.8) is 0 Å². The van der Waals surface area contributed by atoms with E-state index in [0.29, 0.717) is 0 Å². The lowest BCUT2D eigenvalue weighted by Crippen LogP contribution is -2.20. The first kappa shape index (κ1) is 17.4. The Hall–Kier alpha value is -1.61. The molecule has 0 amide bonds. The van der Waals surface area contributed by atoms with Gasteiger partial charge in [-0.05, 0) is 19.9 Å². The average molecular weight is 335 g/mol. The number of hydrogen-bond donors (Lipinski definition) is 1. The van der Waals surface area contributed by atoms with Crippen molar-refractivity contribution in [3.8, 4) is 0 Å². The maximum atomic E-state index is 11.9. The fourth-order valence-corrected chi connectivity index (χ4v) is 3.69. The fraction of sp³-hybridized carbons (Fsp3) is 0.500. The third-order valence-corrected chi connectivity index (χ3v) is 4.75. The third kappa shape index (κ3) is 5.35. The lowest BCUT2D eigenvalue weighted by Gasteiger charge is -2.07. The average Bonchev–Trinajstić information content (AvgIpc) is 2.76. The second-order valence-electron chi connectivity index (χ2n) is 4.07. The van der Waals surface area contributed by atoms with Crippen LogP contribution in [0, 0.1) is 6.92 Å². The van der Waals surface area contributed by atoms with Crippen molar-refractivity contribution in [2.45, 2.75) is 20.3 Å². The van der Waals surface area contributed by atoms with Crippen molar-refractivity contribution < 1.29 is 27.5 Å². The molecule has 0 saturated heterocycles. The molecule has 0 radical (unpaired) electrons. The maximum absolute atomic E-state index is 11.9. The lowest BCUT2D eigenvalue weighted by atomic mass is 10.3. The number of sulfonamides is 1. The number of methoxy groups -OCH3 is 1. The minimum atomic E-state index is -3.75. The fourth-order valence-electron chi connectivity index (χ4n) is 1.46. The summed E-state index contributed by atoms with van der Waals surface area (Å²) in [5.41, 5.74) is 0.168. The topological polar surface area (TPSA) is 98.8 Å². The van der Waals surface area contributed by atoms with Gasteiger partial charge in [0.25, 0.3) is 0 Å². The number of carbonyl (C=O) groups is 2. The van der Waals surface area contributed by atoms with Crippen molar-refractivity contribution >= 4 is 38.3 Å². The monoisotopic (exact) mass is 335 g/mol. The zero-order valence-electron chi connectivity index (χ0n) is 12.0. The van der Waals surface area contributed by atoms with E-state index < -0.39 is 27.7 Å². The largest absolute Gasteiger partial charge is 0.469 e. The van der Waals surface area contributed by atoms with E-state index in [9.17, 15) is 18.0 Å². The number of thiophene rings is 1. The standard InChI is InChI=1S/C12H17NO6S2/c1-4-19-12(15)9-7-8(2)20-11(9)13-21(16,17)6-5-10(14)18-3/h7,13H,4-6H2,1-3H3. The van der Waals surface area contributed by atoms with Crippen LogP contribution in [0.5, 0.6) is 0 Å². The molecule has 9 heteroatoms. The van der Waals surface area contributed by atoms with Gasteiger partial charge >= 0.3 is 11.9 Å². The van der Waals surface area contributed by atoms with Gasteiger partial charge in [-0.15, -0.1) is 11.3 Å². The summed E-state index contributed by atoms with van der Waals surface area (Å²) >= 11 is 1.13. The molecule has 0 aliphatic heterocycles. The number of nitrogens with one attached hydrogen (secondary N) is 1. The first-order chi connectivity index (χ1) is 9.79. The highest BCUT2D eigenvalue weighted by atomic mass is 32.2. The van der Waals surface area contributed by atoms with Gasteiger partial charge < -0.3 is 9.47 Å². The number of anilines is 1. The molecule has 0 aliphatic carbocycles. The predicted octanol–water partition coefficient (Wildman–Crippen LogP) is 1.54. The van der Waals surface area contributed by atoms with Crippen molar-refractivity contribution in [2.75, 3.05) is 24.2 Å². The zero-order valence-corrected chi connectivity index (χ0v) is 13.6. The second kappa shape index (κ2) is 7.41. The van der Waals surface area contributed by atoms with Gasteiger partial charge in [0, 0.05) is 4.88 Å². The van der Waals surface area contributed by atoms with Crippen LogP contribution in [0.2, 0.25) is 0 Å². The minimum absolute atomic E-state index is 0.168. The molecule has 0 fully saturated rings. The Kier molecular flexibility index (Phi) is 6.16. The van der Waals surface area contributed by atoms with E-state index in [1.54, 1.807) is 19.9 Å². The van der Waals surface area contributed by atoms with Crippen molar-refractivity contribution in [3.05, 3.63) is 16.5 Å². The number of carbonyl (C=O) groups excluding carboxylic acids is 2. The number of ether oxygens (including phenoxy) is 2. The van der Waals surface area contributed by atoms with Crippen LogP contribution < -0.4 is 4.72 Å². The van der Waals surface area contributed by atoms with E-state index in [-0.39, 0.29) is 23.6 Å². The van der Waals surface area contributed by atoms with E-state index in [4.69, 9.17) is 4.74 Å². The number of rotatable bonds is 7. The Labute approximate surface area is 127 Å². The Morgan fingerprint density at radius 3 is 2.62 bits per heavy atom. The number of hydrogen-bond acceptors (Lipinski definition) is 7. The third-order valence-electron chi connectivity index (χ3n) is 2.40. The maximum Gasteiger partial charge on any atom is 0.341 e. The lowest BCUT2D eigenvalue weighted by molar-refractivity contribution is -0.140. The predicted molar refractivity (Wildman–Crippen MR) is 79.1 cm³/mol. The molecule has 0 atom stereocenters. The summed E-state index contributed by atoms with van der Waals surface area (Å²) in [5.74, 6) is -1.63. The molecule has 21 heavy (non-hydrogen) atoms. The van der Waals surface area contributed by atoms with Crippen molar-refractivity contribution in [2.24, 2.45) is 0 Å². The Morgan fingerprint density at radius 2 is 2.05 bits per heavy atom. The van der Waals surface area contributed by atoms with Crippen LogP contribution in [0.3, 0.4) is 0 Å². The van der Waals surface area contributed by atoms with Gasteiger partial charge in [0.1, 0.15) is 5.00 Å². The summed E-state index contributed by atoms with van der Waals surface area (Å²) in [6.45, 7) is 3.61. The summed E-state index contributed by atoms with van der Waals surface area (Å²) in [5, 5.41) is 0.191. The van der Waals surface area contributed by atoms with Crippen molar-refractivity contribution in [1.82, 2.24) is 0 Å². The SMILES string of the molecule is CCOC(=O)c1cc(C)sc1NS(=O)(=O)CCC(=O)OC. The minimum Gasteiger partial charge on any atom is -0.469 e. The van der Waals surface area contributed by atoms with Gasteiger partial charge in [-0.2, -0.15) is 0 Å². The molecule has 118 valence electrons. The normalized spacial score (nSPS) is 11.0. The van der Waals surface area contributed by atoms with Crippen LogP contribution in [0.1, 0.15) is 28.6 Å². The highest BCUT2D eigenvalue weighted by Gasteiger charge is 2.21. The van der Waals surface area contributed by atoms with Gasteiger partial charge in [0.05, 0.1) is 31.5 Å². The Bertz CT molecular complexity index is 620. The molecule has 0 unspecified atom stereocenters. The summed E-state index contributed by atoms with van der Waals surface area (Å²) in [6, 6.07) is 1.56. The first-order valence-electron chi connectivity index (χ1n) is 6.14. The van der Waals surface area contributed by atoms with Gasteiger partial charge in [-0.3, -0.25) is 9.52 Å². The van der Waals surface area contributed by atoms with E-state index in [1.165, 1.54) is 7.11 Å². The highest BCUT2D eigenvalue weighted by molar-refractivity contribution is 7.92. The molecular formula is C12H17NO6S2. The second-order valence-corrected chi connectivity index (χ2v) is 7.17. The Morgan fingerprint density at radius 1 is 1.38 bits per heavy atom. The van der Waals surface area contributed by atoms with Crippen LogP contribution in [-0.4, -0.2) is 39.8 Å². The van der Waals surface area contributed by atoms with E-state index >= 15 is 0 Å². The Balaban J connectivity index is 2.87. The summed E-state index contributed by atoms with van der Waals surface area (Å²) in [4.78, 5) is 23.5. The van der Waals surface area contributed by atoms with Crippen LogP contribution >= 0.6 is 11.3 Å². The molecule has 1 heterocycles. The van der Waals surface area contributed by atoms with Crippen LogP contribution in [-0.2, 0) is 24.3 Å². The smallest absolute Gasteiger partial charge is 0.341 e. The van der Waals surface area contributed by atoms with Gasteiger partial charge in [-0.25, -0.2) is 13.2 Å². The molecule has 1 N–H and O–H groups in total. The van der Waals surface area contributed by atoms with Gasteiger partial charge in [0.15, 0.2) is 0 Å². The molecule has 0 saturated carbocycles. The zero-order chi connectivity index (χ0) is 16.0. The first-order valence-corrected chi connectivity index (χ1v) is 8.60. The molecule has 0 aliphatic rings. The molecule has 0 spiro atoms.